The summed E-state index contributed by atoms with van der Waals surface area (Å²) in [6, 6.07) is 3.21. The van der Waals surface area contributed by atoms with Crippen LogP contribution in [-0.2, 0) is 11.4 Å². The molecule has 6 heteroatoms. The maximum atomic E-state index is 10.7. The third kappa shape index (κ3) is 4.73. The van der Waals surface area contributed by atoms with Crippen molar-refractivity contribution >= 4 is 16.9 Å². The molecule has 0 fully saturated rings. The minimum atomic E-state index is -1.03. The van der Waals surface area contributed by atoms with Crippen molar-refractivity contribution in [2.24, 2.45) is 0 Å². The number of hydrogen-bond donors (Lipinski definition) is 3. The third-order valence-electron chi connectivity index (χ3n) is 2.43. The van der Waals surface area contributed by atoms with E-state index in [9.17, 15) is 15.0 Å². The Morgan fingerprint density at radius 3 is 2.67 bits per heavy atom. The fourth-order valence-corrected chi connectivity index (χ4v) is 2.05. The molecule has 1 aromatic heterocycles. The minimum Gasteiger partial charge on any atom is -0.390 e. The molecular weight excluding hydrogens is 254 g/mol. The van der Waals surface area contributed by atoms with Gasteiger partial charge in [0, 0.05) is 24.4 Å². The predicted molar refractivity (Wildman–Crippen MR) is 68.9 cm³/mol. The molecule has 2 atom stereocenters. The lowest BCUT2D eigenvalue weighted by atomic mass is 10.0. The largest absolute Gasteiger partial charge is 0.390 e. The Morgan fingerprint density at radius 1 is 1.44 bits per heavy atom. The molecule has 100 valence electrons. The maximum absolute atomic E-state index is 10.7. The topological polar surface area (TPSA) is 90.7 Å². The first kappa shape index (κ1) is 15.1. The molecule has 1 rings (SSSR count). The Morgan fingerprint density at radius 2 is 2.17 bits per heavy atom. The lowest BCUT2D eigenvalue weighted by molar-refractivity contribution is -0.109. The monoisotopic (exact) mass is 271 g/mol. The number of aromatic nitrogens is 1. The third-order valence-corrected chi connectivity index (χ3v) is 3.28. The van der Waals surface area contributed by atoms with Crippen molar-refractivity contribution in [1.29, 1.82) is 0 Å². The highest BCUT2D eigenvalue weighted by molar-refractivity contribution is 8.13. The van der Waals surface area contributed by atoms with Crippen LogP contribution in [0.5, 0.6) is 0 Å². The number of nitrogens with zero attached hydrogens (tertiary/aromatic N) is 1. The second-order valence-electron chi connectivity index (χ2n) is 3.88. The van der Waals surface area contributed by atoms with E-state index in [1.54, 1.807) is 12.1 Å². The van der Waals surface area contributed by atoms with Crippen molar-refractivity contribution in [3.05, 3.63) is 29.6 Å². The smallest absolute Gasteiger partial charge is 0.185 e. The van der Waals surface area contributed by atoms with Gasteiger partial charge in [0.05, 0.1) is 18.4 Å². The van der Waals surface area contributed by atoms with E-state index in [1.165, 1.54) is 13.1 Å². The molecule has 0 spiro atoms. The molecule has 0 aliphatic heterocycles. The van der Waals surface area contributed by atoms with Crippen LogP contribution in [0, 0.1) is 0 Å². The van der Waals surface area contributed by atoms with E-state index in [-0.39, 0.29) is 11.7 Å². The molecule has 0 aromatic carbocycles. The highest BCUT2D eigenvalue weighted by Crippen LogP contribution is 2.20. The van der Waals surface area contributed by atoms with Crippen LogP contribution in [-0.4, -0.2) is 37.3 Å². The van der Waals surface area contributed by atoms with Crippen LogP contribution in [0.15, 0.2) is 18.3 Å². The van der Waals surface area contributed by atoms with Gasteiger partial charge in [0.15, 0.2) is 5.12 Å². The summed E-state index contributed by atoms with van der Waals surface area (Å²) in [6.07, 6.45) is -0.207. The SMILES string of the molecule is CC(=O)SCCC(O)C(O)c1ccc(CO)nc1. The molecule has 1 heterocycles. The summed E-state index contributed by atoms with van der Waals surface area (Å²) in [4.78, 5) is 14.6. The van der Waals surface area contributed by atoms with Crippen molar-refractivity contribution in [1.82, 2.24) is 4.98 Å². The van der Waals surface area contributed by atoms with Crippen LogP contribution in [0.3, 0.4) is 0 Å². The van der Waals surface area contributed by atoms with E-state index in [0.29, 0.717) is 23.4 Å². The molecule has 0 radical (unpaired) electrons. The second kappa shape index (κ2) is 7.48. The van der Waals surface area contributed by atoms with Gasteiger partial charge < -0.3 is 15.3 Å². The van der Waals surface area contributed by atoms with E-state index in [2.05, 4.69) is 4.98 Å². The van der Waals surface area contributed by atoms with E-state index in [4.69, 9.17) is 5.11 Å². The van der Waals surface area contributed by atoms with E-state index >= 15 is 0 Å². The standard InChI is InChI=1S/C12H17NO4S/c1-8(15)18-5-4-11(16)12(17)9-2-3-10(7-14)13-6-9/h2-3,6,11-12,14,16-17H,4-5,7H2,1H3. The molecule has 1 aromatic rings. The first-order chi connectivity index (χ1) is 8.54. The van der Waals surface area contributed by atoms with Gasteiger partial charge in [0.1, 0.15) is 6.10 Å². The zero-order valence-corrected chi connectivity index (χ0v) is 10.9. The summed E-state index contributed by atoms with van der Waals surface area (Å²) >= 11 is 1.12. The highest BCUT2D eigenvalue weighted by Gasteiger charge is 2.18. The van der Waals surface area contributed by atoms with Crippen LogP contribution in [0.4, 0.5) is 0 Å². The van der Waals surface area contributed by atoms with Gasteiger partial charge in [-0.3, -0.25) is 9.78 Å². The molecule has 0 bridgehead atoms. The zero-order chi connectivity index (χ0) is 13.5. The predicted octanol–water partition coefficient (Wildman–Crippen LogP) is 0.638. The van der Waals surface area contributed by atoms with Gasteiger partial charge in [-0.2, -0.15) is 0 Å². The van der Waals surface area contributed by atoms with Gasteiger partial charge in [0.25, 0.3) is 0 Å². The van der Waals surface area contributed by atoms with Crippen molar-refractivity contribution in [3.8, 4) is 0 Å². The molecule has 0 aliphatic rings. The fraction of sp³-hybridized carbons (Fsp3) is 0.500. The van der Waals surface area contributed by atoms with Gasteiger partial charge in [0.2, 0.25) is 0 Å². The van der Waals surface area contributed by atoms with E-state index in [1.807, 2.05) is 0 Å². The zero-order valence-electron chi connectivity index (χ0n) is 10.1. The molecule has 18 heavy (non-hydrogen) atoms. The summed E-state index contributed by atoms with van der Waals surface area (Å²) in [5.41, 5.74) is 1.00. The summed E-state index contributed by atoms with van der Waals surface area (Å²) in [5.74, 6) is 0.468. The maximum Gasteiger partial charge on any atom is 0.185 e. The molecule has 0 saturated carbocycles. The summed E-state index contributed by atoms with van der Waals surface area (Å²) in [5, 5.41) is 28.5. The van der Waals surface area contributed by atoms with Crippen LogP contribution < -0.4 is 0 Å². The Bertz CT molecular complexity index is 382. The van der Waals surface area contributed by atoms with Crippen LogP contribution in [0.2, 0.25) is 0 Å². The first-order valence-corrected chi connectivity index (χ1v) is 6.58. The average molecular weight is 271 g/mol. The second-order valence-corrected chi connectivity index (χ2v) is 5.15. The molecule has 2 unspecified atom stereocenters. The van der Waals surface area contributed by atoms with Crippen LogP contribution >= 0.6 is 11.8 Å². The van der Waals surface area contributed by atoms with Gasteiger partial charge in [-0.05, 0) is 12.5 Å². The first-order valence-electron chi connectivity index (χ1n) is 5.59. The Kier molecular flexibility index (Phi) is 6.28. The minimum absolute atomic E-state index is 0.00865. The van der Waals surface area contributed by atoms with Crippen molar-refractivity contribution in [3.63, 3.8) is 0 Å². The van der Waals surface area contributed by atoms with Gasteiger partial charge in [-0.15, -0.1) is 0 Å². The van der Waals surface area contributed by atoms with Crippen LogP contribution in [0.25, 0.3) is 0 Å². The fourth-order valence-electron chi connectivity index (χ4n) is 1.41. The number of thioether (sulfide) groups is 1. The Balaban J connectivity index is 2.51. The van der Waals surface area contributed by atoms with E-state index < -0.39 is 12.2 Å². The van der Waals surface area contributed by atoms with Crippen LogP contribution in [0.1, 0.15) is 30.7 Å². The molecule has 3 N–H and O–H groups in total. The number of carbonyl (C=O) groups is 1. The molecule has 0 amide bonds. The number of aliphatic hydroxyl groups is 3. The molecule has 5 nitrogen and oxygen atoms in total. The van der Waals surface area contributed by atoms with Gasteiger partial charge >= 0.3 is 0 Å². The average Bonchev–Trinajstić information content (AvgIpc) is 2.37. The normalized spacial score (nSPS) is 14.2. The lowest BCUT2D eigenvalue weighted by Gasteiger charge is -2.17. The van der Waals surface area contributed by atoms with Gasteiger partial charge in [-0.1, -0.05) is 17.8 Å². The Hall–Kier alpha value is -0.950. The van der Waals surface area contributed by atoms with Crippen molar-refractivity contribution < 1.29 is 20.1 Å². The summed E-state index contributed by atoms with van der Waals surface area (Å²) in [6.45, 7) is 1.30. The number of pyridine rings is 1. The van der Waals surface area contributed by atoms with Crippen molar-refractivity contribution in [2.75, 3.05) is 5.75 Å². The number of carbonyl (C=O) groups excluding carboxylic acids is 1. The molecule has 0 aliphatic carbocycles. The molecular formula is C12H17NO4S. The van der Waals surface area contributed by atoms with Gasteiger partial charge in [-0.25, -0.2) is 0 Å². The Labute approximate surface area is 110 Å². The van der Waals surface area contributed by atoms with E-state index in [0.717, 1.165) is 11.8 Å². The highest BCUT2D eigenvalue weighted by atomic mass is 32.2. The quantitative estimate of drug-likeness (QED) is 0.703. The van der Waals surface area contributed by atoms with Crippen molar-refractivity contribution in [2.45, 2.75) is 32.2 Å². The summed E-state index contributed by atoms with van der Waals surface area (Å²) < 4.78 is 0. The number of aliphatic hydroxyl groups excluding tert-OH is 3. The molecule has 0 saturated heterocycles. The number of rotatable bonds is 6. The lowest BCUT2D eigenvalue weighted by Crippen LogP contribution is -2.19. The summed E-state index contributed by atoms with van der Waals surface area (Å²) in [7, 11) is 0. The number of hydrogen-bond acceptors (Lipinski definition) is 6.